The highest BCUT2D eigenvalue weighted by molar-refractivity contribution is 9.10. The van der Waals surface area contributed by atoms with Crippen LogP contribution in [-0.2, 0) is 25.9 Å². The Morgan fingerprint density at radius 3 is 2.68 bits per heavy atom. The van der Waals surface area contributed by atoms with E-state index in [0.717, 1.165) is 55.1 Å². The van der Waals surface area contributed by atoms with E-state index in [1.54, 1.807) is 0 Å². The molecule has 0 bridgehead atoms. The summed E-state index contributed by atoms with van der Waals surface area (Å²) >= 11 is 3.70. The molecule has 3 aromatic carbocycles. The van der Waals surface area contributed by atoms with Crippen molar-refractivity contribution in [2.24, 2.45) is 0 Å². The van der Waals surface area contributed by atoms with Crippen molar-refractivity contribution in [3.05, 3.63) is 87.7 Å². The summed E-state index contributed by atoms with van der Waals surface area (Å²) in [6, 6.07) is 19.2. The van der Waals surface area contributed by atoms with Crippen molar-refractivity contribution >= 4 is 27.0 Å². The summed E-state index contributed by atoms with van der Waals surface area (Å²) in [6.45, 7) is 3.14. The largest absolute Gasteiger partial charge is 1.00 e. The highest BCUT2D eigenvalue weighted by Gasteiger charge is 2.28. The fourth-order valence-electron chi connectivity index (χ4n) is 4.73. The zero-order chi connectivity index (χ0) is 20.1. The molecule has 0 spiro atoms. The molecule has 6 rings (SSSR count). The van der Waals surface area contributed by atoms with E-state index in [1.165, 1.54) is 33.3 Å². The molecule has 1 aromatic heterocycles. The third-order valence-corrected chi connectivity index (χ3v) is 6.94. The zero-order valence-electron chi connectivity index (χ0n) is 17.0. The highest BCUT2D eigenvalue weighted by atomic mass is 79.9. The van der Waals surface area contributed by atoms with E-state index in [4.69, 9.17) is 9.47 Å². The van der Waals surface area contributed by atoms with Gasteiger partial charge in [-0.2, -0.15) is 0 Å². The maximum Gasteiger partial charge on any atom is 0.245 e. The van der Waals surface area contributed by atoms with E-state index in [-0.39, 0.29) is 17.0 Å². The van der Waals surface area contributed by atoms with Crippen molar-refractivity contribution in [3.63, 3.8) is 0 Å². The summed E-state index contributed by atoms with van der Waals surface area (Å²) in [7, 11) is 0. The molecule has 2 aliphatic heterocycles. The van der Waals surface area contributed by atoms with Crippen LogP contribution in [0.3, 0.4) is 0 Å². The van der Waals surface area contributed by atoms with Crippen LogP contribution in [-0.4, -0.2) is 17.8 Å². The Morgan fingerprint density at radius 1 is 0.968 bits per heavy atom. The summed E-state index contributed by atoms with van der Waals surface area (Å²) in [5, 5.41) is 0. The highest BCUT2D eigenvalue weighted by Crippen LogP contribution is 2.41. The van der Waals surface area contributed by atoms with Gasteiger partial charge in [0.2, 0.25) is 6.33 Å². The van der Waals surface area contributed by atoms with Crippen LogP contribution in [0, 0.1) is 0 Å². The van der Waals surface area contributed by atoms with Gasteiger partial charge in [0.15, 0.2) is 11.0 Å². The fourth-order valence-corrected chi connectivity index (χ4v) is 5.14. The summed E-state index contributed by atoms with van der Waals surface area (Å²) in [5.41, 5.74) is 7.60. The average molecular weight is 542 g/mol. The minimum Gasteiger partial charge on any atom is -1.00 e. The number of hydrogen-bond donors (Lipinski definition) is 0. The van der Waals surface area contributed by atoms with Gasteiger partial charge >= 0.3 is 0 Å². The van der Waals surface area contributed by atoms with Crippen LogP contribution in [0.5, 0.6) is 11.5 Å². The van der Waals surface area contributed by atoms with Crippen LogP contribution < -0.4 is 31.0 Å². The number of rotatable bonds is 4. The lowest BCUT2D eigenvalue weighted by molar-refractivity contribution is -0.663. The van der Waals surface area contributed by atoms with Crippen molar-refractivity contribution in [3.8, 4) is 11.5 Å². The number of ether oxygens (including phenoxy) is 2. The molecule has 0 aliphatic carbocycles. The number of aromatic nitrogens is 2. The molecule has 0 amide bonds. The number of benzene rings is 3. The monoisotopic (exact) mass is 540 g/mol. The minimum atomic E-state index is 0. The molecule has 6 heteroatoms. The van der Waals surface area contributed by atoms with E-state index in [0.29, 0.717) is 0 Å². The van der Waals surface area contributed by atoms with Crippen molar-refractivity contribution in [1.82, 2.24) is 4.57 Å². The van der Waals surface area contributed by atoms with Crippen molar-refractivity contribution in [2.45, 2.75) is 25.9 Å². The lowest BCUT2D eigenvalue weighted by Gasteiger charge is -2.11. The molecular formula is C25H22Br2N2O2. The van der Waals surface area contributed by atoms with E-state index < -0.39 is 0 Å². The Balaban J connectivity index is 0.00000204. The maximum absolute atomic E-state index is 6.08. The SMILES string of the molecule is Brc1ccccc1C[n+]1cn(Cc2c3c(cc4c2OCC4)OCC3)c2ccccc21.[Br-]. The summed E-state index contributed by atoms with van der Waals surface area (Å²) in [6.07, 6.45) is 4.16. The molecule has 0 saturated carbocycles. The average Bonchev–Trinajstić information content (AvgIpc) is 3.49. The topological polar surface area (TPSA) is 27.3 Å². The second-order valence-electron chi connectivity index (χ2n) is 7.97. The van der Waals surface area contributed by atoms with Crippen LogP contribution in [0.4, 0.5) is 0 Å². The molecule has 3 heterocycles. The first-order valence-electron chi connectivity index (χ1n) is 10.4. The van der Waals surface area contributed by atoms with Crippen LogP contribution in [0.1, 0.15) is 22.3 Å². The van der Waals surface area contributed by atoms with Crippen LogP contribution in [0.25, 0.3) is 11.0 Å². The quantitative estimate of drug-likeness (QED) is 0.368. The fraction of sp³-hybridized carbons (Fsp3) is 0.240. The lowest BCUT2D eigenvalue weighted by atomic mass is 9.99. The van der Waals surface area contributed by atoms with Gasteiger partial charge in [0.1, 0.15) is 24.6 Å². The number of halogens is 2. The molecule has 4 aromatic rings. The molecule has 158 valence electrons. The van der Waals surface area contributed by atoms with Gasteiger partial charge in [-0.3, -0.25) is 0 Å². The first kappa shape index (κ1) is 20.6. The Kier molecular flexibility index (Phi) is 5.52. The Bertz CT molecular complexity index is 1250. The lowest BCUT2D eigenvalue weighted by Crippen LogP contribution is -3.00. The van der Waals surface area contributed by atoms with Crippen molar-refractivity contribution in [1.29, 1.82) is 0 Å². The minimum absolute atomic E-state index is 0. The van der Waals surface area contributed by atoms with E-state index in [2.05, 4.69) is 86.0 Å². The number of imidazole rings is 1. The van der Waals surface area contributed by atoms with Crippen LogP contribution >= 0.6 is 15.9 Å². The van der Waals surface area contributed by atoms with E-state index in [9.17, 15) is 0 Å². The second kappa shape index (κ2) is 8.32. The Morgan fingerprint density at radius 2 is 1.77 bits per heavy atom. The molecular weight excluding hydrogens is 520 g/mol. The Labute approximate surface area is 200 Å². The predicted octanol–water partition coefficient (Wildman–Crippen LogP) is 1.66. The van der Waals surface area contributed by atoms with Gasteiger partial charge in [-0.05, 0) is 24.3 Å². The predicted molar refractivity (Wildman–Crippen MR) is 119 cm³/mol. The molecule has 0 saturated heterocycles. The second-order valence-corrected chi connectivity index (χ2v) is 8.82. The molecule has 0 N–H and O–H groups in total. The zero-order valence-corrected chi connectivity index (χ0v) is 20.2. The van der Waals surface area contributed by atoms with E-state index in [1.807, 2.05) is 0 Å². The first-order valence-corrected chi connectivity index (χ1v) is 11.2. The summed E-state index contributed by atoms with van der Waals surface area (Å²) in [4.78, 5) is 0. The van der Waals surface area contributed by atoms with Gasteiger partial charge in [0.25, 0.3) is 0 Å². The third kappa shape index (κ3) is 3.56. The van der Waals surface area contributed by atoms with Gasteiger partial charge in [0, 0.05) is 39.6 Å². The normalized spacial score (nSPS) is 14.0. The molecule has 0 unspecified atom stereocenters. The smallest absolute Gasteiger partial charge is 0.245 e. The molecule has 2 aliphatic rings. The number of para-hydroxylation sites is 2. The molecule has 31 heavy (non-hydrogen) atoms. The standard InChI is InChI=1S/C25H22BrN2O2.BrH/c26-21-6-2-1-5-18(21)14-27-16-28(23-8-4-3-7-22(23)27)15-20-19-10-12-29-24(19)13-17-9-11-30-25(17)20;/h1-8,13,16H,9-12,14-15H2;1H/q+1;/p-1. The third-order valence-electron chi connectivity index (χ3n) is 6.17. The van der Waals surface area contributed by atoms with Gasteiger partial charge < -0.3 is 26.5 Å². The van der Waals surface area contributed by atoms with Gasteiger partial charge in [0.05, 0.1) is 13.2 Å². The van der Waals surface area contributed by atoms with Crippen LogP contribution in [0.15, 0.2) is 65.4 Å². The number of fused-ring (bicyclic) bond motifs is 3. The molecule has 4 nitrogen and oxygen atoms in total. The van der Waals surface area contributed by atoms with Crippen molar-refractivity contribution in [2.75, 3.05) is 13.2 Å². The van der Waals surface area contributed by atoms with Crippen molar-refractivity contribution < 1.29 is 31.0 Å². The van der Waals surface area contributed by atoms with E-state index >= 15 is 0 Å². The maximum atomic E-state index is 6.08. The Hall–Kier alpha value is -2.31. The number of nitrogens with zero attached hydrogens (tertiary/aromatic N) is 2. The molecule has 0 fully saturated rings. The first-order chi connectivity index (χ1) is 14.8. The number of hydrogen-bond acceptors (Lipinski definition) is 2. The summed E-state index contributed by atoms with van der Waals surface area (Å²) < 4.78 is 17.8. The van der Waals surface area contributed by atoms with Gasteiger partial charge in [-0.25, -0.2) is 9.13 Å². The molecule has 0 radical (unpaired) electrons. The van der Waals surface area contributed by atoms with Crippen LogP contribution in [0.2, 0.25) is 0 Å². The summed E-state index contributed by atoms with van der Waals surface area (Å²) in [5.74, 6) is 2.13. The van der Waals surface area contributed by atoms with Gasteiger partial charge in [-0.1, -0.05) is 46.3 Å². The molecule has 0 atom stereocenters. The van der Waals surface area contributed by atoms with Gasteiger partial charge in [-0.15, -0.1) is 0 Å².